The van der Waals surface area contributed by atoms with Gasteiger partial charge in [-0.15, -0.1) is 0 Å². The van der Waals surface area contributed by atoms with E-state index in [0.717, 1.165) is 12.8 Å². The standard InChI is InChI=1S/C12H15NO3/c13-12(15)10-6-5-9(7-11(10)14)16-8-3-1-2-4-8/h5-8,14H,1-4H2,(H2,13,15). The van der Waals surface area contributed by atoms with Gasteiger partial charge in [-0.25, -0.2) is 0 Å². The molecule has 0 unspecified atom stereocenters. The number of primary amides is 1. The van der Waals surface area contributed by atoms with Crippen LogP contribution in [0.3, 0.4) is 0 Å². The van der Waals surface area contributed by atoms with E-state index in [4.69, 9.17) is 10.5 Å². The molecule has 0 bridgehead atoms. The second kappa shape index (κ2) is 4.43. The summed E-state index contributed by atoms with van der Waals surface area (Å²) in [5, 5.41) is 9.55. The zero-order valence-electron chi connectivity index (χ0n) is 8.98. The Balaban J connectivity index is 2.11. The summed E-state index contributed by atoms with van der Waals surface area (Å²) < 4.78 is 5.68. The van der Waals surface area contributed by atoms with Crippen LogP contribution in [0.15, 0.2) is 18.2 Å². The molecule has 1 fully saturated rings. The minimum absolute atomic E-state index is 0.122. The average molecular weight is 221 g/mol. The summed E-state index contributed by atoms with van der Waals surface area (Å²) in [7, 11) is 0. The van der Waals surface area contributed by atoms with E-state index in [1.54, 1.807) is 6.07 Å². The molecule has 16 heavy (non-hydrogen) atoms. The Kier molecular flexibility index (Phi) is 2.99. The lowest BCUT2D eigenvalue weighted by Gasteiger charge is -2.13. The Morgan fingerprint density at radius 2 is 2.06 bits per heavy atom. The van der Waals surface area contributed by atoms with Crippen LogP contribution in [0.2, 0.25) is 0 Å². The molecule has 1 saturated carbocycles. The topological polar surface area (TPSA) is 72.6 Å². The lowest BCUT2D eigenvalue weighted by Crippen LogP contribution is -2.13. The van der Waals surface area contributed by atoms with Gasteiger partial charge in [0, 0.05) is 6.07 Å². The van der Waals surface area contributed by atoms with Crippen molar-refractivity contribution in [3.05, 3.63) is 23.8 Å². The van der Waals surface area contributed by atoms with Gasteiger partial charge in [-0.3, -0.25) is 4.79 Å². The van der Waals surface area contributed by atoms with Crippen molar-refractivity contribution in [3.8, 4) is 11.5 Å². The van der Waals surface area contributed by atoms with E-state index in [1.807, 2.05) is 0 Å². The van der Waals surface area contributed by atoms with Gasteiger partial charge in [-0.1, -0.05) is 0 Å². The van der Waals surface area contributed by atoms with E-state index in [9.17, 15) is 9.90 Å². The predicted molar refractivity (Wildman–Crippen MR) is 59.5 cm³/mol. The SMILES string of the molecule is NC(=O)c1ccc(OC2CCCC2)cc1O. The largest absolute Gasteiger partial charge is 0.507 e. The van der Waals surface area contributed by atoms with Crippen LogP contribution in [0.5, 0.6) is 11.5 Å². The van der Waals surface area contributed by atoms with Crippen LogP contribution in [0.1, 0.15) is 36.0 Å². The smallest absolute Gasteiger partial charge is 0.252 e. The number of nitrogens with two attached hydrogens (primary N) is 1. The van der Waals surface area contributed by atoms with Gasteiger partial charge in [0.1, 0.15) is 11.5 Å². The van der Waals surface area contributed by atoms with Gasteiger partial charge in [0.25, 0.3) is 5.91 Å². The van der Waals surface area contributed by atoms with Crippen molar-refractivity contribution in [2.24, 2.45) is 5.73 Å². The fraction of sp³-hybridized carbons (Fsp3) is 0.417. The maximum atomic E-state index is 10.9. The fourth-order valence-electron chi connectivity index (χ4n) is 1.99. The minimum atomic E-state index is -0.634. The predicted octanol–water partition coefficient (Wildman–Crippen LogP) is 1.81. The Bertz CT molecular complexity index is 397. The second-order valence-corrected chi connectivity index (χ2v) is 4.07. The molecule has 1 amide bonds. The molecule has 0 atom stereocenters. The molecule has 4 heteroatoms. The van der Waals surface area contributed by atoms with E-state index in [1.165, 1.54) is 25.0 Å². The van der Waals surface area contributed by atoms with Gasteiger partial charge in [-0.2, -0.15) is 0 Å². The number of ether oxygens (including phenoxy) is 1. The quantitative estimate of drug-likeness (QED) is 0.817. The average Bonchev–Trinajstić information content (AvgIpc) is 2.70. The van der Waals surface area contributed by atoms with Crippen molar-refractivity contribution >= 4 is 5.91 Å². The van der Waals surface area contributed by atoms with Crippen molar-refractivity contribution in [1.29, 1.82) is 0 Å². The van der Waals surface area contributed by atoms with Gasteiger partial charge in [0.05, 0.1) is 11.7 Å². The van der Waals surface area contributed by atoms with Crippen LogP contribution in [0.4, 0.5) is 0 Å². The number of carbonyl (C=O) groups excluding carboxylic acids is 1. The highest BCUT2D eigenvalue weighted by Gasteiger charge is 2.17. The molecule has 1 aliphatic rings. The van der Waals surface area contributed by atoms with Crippen molar-refractivity contribution in [2.45, 2.75) is 31.8 Å². The maximum absolute atomic E-state index is 10.9. The van der Waals surface area contributed by atoms with Gasteiger partial charge in [-0.05, 0) is 37.8 Å². The fourth-order valence-corrected chi connectivity index (χ4v) is 1.99. The molecule has 0 aliphatic heterocycles. The minimum Gasteiger partial charge on any atom is -0.507 e. The number of phenols is 1. The molecule has 0 saturated heterocycles. The van der Waals surface area contributed by atoms with Crippen LogP contribution in [0, 0.1) is 0 Å². The molecule has 4 nitrogen and oxygen atoms in total. The third-order valence-corrected chi connectivity index (χ3v) is 2.84. The van der Waals surface area contributed by atoms with Crippen LogP contribution in [-0.4, -0.2) is 17.1 Å². The van der Waals surface area contributed by atoms with E-state index in [2.05, 4.69) is 0 Å². The summed E-state index contributed by atoms with van der Waals surface area (Å²) in [6.07, 6.45) is 4.72. The normalized spacial score (nSPS) is 16.2. The summed E-state index contributed by atoms with van der Waals surface area (Å²) in [6.45, 7) is 0. The zero-order chi connectivity index (χ0) is 11.5. The molecule has 1 aliphatic carbocycles. The number of amides is 1. The highest BCUT2D eigenvalue weighted by molar-refractivity contribution is 5.95. The summed E-state index contributed by atoms with van der Waals surface area (Å²) in [4.78, 5) is 10.9. The van der Waals surface area contributed by atoms with Crippen LogP contribution >= 0.6 is 0 Å². The first-order valence-electron chi connectivity index (χ1n) is 5.46. The van der Waals surface area contributed by atoms with E-state index in [0.29, 0.717) is 5.75 Å². The maximum Gasteiger partial charge on any atom is 0.252 e. The summed E-state index contributed by atoms with van der Waals surface area (Å²) >= 11 is 0. The first kappa shape index (κ1) is 10.8. The number of benzene rings is 1. The van der Waals surface area contributed by atoms with Gasteiger partial charge in [0.15, 0.2) is 0 Å². The first-order valence-corrected chi connectivity index (χ1v) is 5.46. The Labute approximate surface area is 94.0 Å². The van der Waals surface area contributed by atoms with E-state index < -0.39 is 5.91 Å². The Morgan fingerprint density at radius 1 is 1.38 bits per heavy atom. The lowest BCUT2D eigenvalue weighted by molar-refractivity contribution is 0.0997. The zero-order valence-corrected chi connectivity index (χ0v) is 8.98. The van der Waals surface area contributed by atoms with Gasteiger partial charge >= 0.3 is 0 Å². The molecule has 0 aromatic heterocycles. The monoisotopic (exact) mass is 221 g/mol. The van der Waals surface area contributed by atoms with Gasteiger partial charge < -0.3 is 15.6 Å². The van der Waals surface area contributed by atoms with E-state index >= 15 is 0 Å². The highest BCUT2D eigenvalue weighted by Crippen LogP contribution is 2.28. The summed E-state index contributed by atoms with van der Waals surface area (Å²) in [5.41, 5.74) is 5.21. The third kappa shape index (κ3) is 2.27. The molecule has 3 N–H and O–H groups in total. The Morgan fingerprint density at radius 3 is 2.62 bits per heavy atom. The van der Waals surface area contributed by atoms with Crippen LogP contribution in [0.25, 0.3) is 0 Å². The number of hydrogen-bond donors (Lipinski definition) is 2. The van der Waals surface area contributed by atoms with Crippen LogP contribution in [-0.2, 0) is 0 Å². The molecule has 0 heterocycles. The number of carbonyl (C=O) groups is 1. The first-order chi connectivity index (χ1) is 7.66. The molecular weight excluding hydrogens is 206 g/mol. The molecule has 1 aromatic rings. The summed E-state index contributed by atoms with van der Waals surface area (Å²) in [5.74, 6) is -0.165. The molecule has 0 radical (unpaired) electrons. The van der Waals surface area contributed by atoms with Crippen LogP contribution < -0.4 is 10.5 Å². The molecule has 0 spiro atoms. The number of hydrogen-bond acceptors (Lipinski definition) is 3. The number of aromatic hydroxyl groups is 1. The molecule has 2 rings (SSSR count). The number of rotatable bonds is 3. The highest BCUT2D eigenvalue weighted by atomic mass is 16.5. The molecule has 86 valence electrons. The molecular formula is C12H15NO3. The molecule has 1 aromatic carbocycles. The van der Waals surface area contributed by atoms with E-state index in [-0.39, 0.29) is 17.4 Å². The third-order valence-electron chi connectivity index (χ3n) is 2.84. The van der Waals surface area contributed by atoms with Crippen molar-refractivity contribution in [2.75, 3.05) is 0 Å². The summed E-state index contributed by atoms with van der Waals surface area (Å²) in [6, 6.07) is 4.60. The van der Waals surface area contributed by atoms with Crippen molar-refractivity contribution in [1.82, 2.24) is 0 Å². The lowest BCUT2D eigenvalue weighted by atomic mass is 10.2. The second-order valence-electron chi connectivity index (χ2n) is 4.07. The van der Waals surface area contributed by atoms with Crippen molar-refractivity contribution in [3.63, 3.8) is 0 Å². The Hall–Kier alpha value is -1.71. The van der Waals surface area contributed by atoms with Gasteiger partial charge in [0.2, 0.25) is 0 Å². The van der Waals surface area contributed by atoms with Crippen molar-refractivity contribution < 1.29 is 14.6 Å².